The van der Waals surface area contributed by atoms with Crippen LogP contribution in [0.3, 0.4) is 0 Å². The summed E-state index contributed by atoms with van der Waals surface area (Å²) in [5, 5.41) is 2.75. The lowest BCUT2D eigenvalue weighted by Gasteiger charge is -2.38. The molecule has 7 heteroatoms. The van der Waals surface area contributed by atoms with Crippen molar-refractivity contribution < 1.29 is 19.1 Å². The van der Waals surface area contributed by atoms with E-state index in [1.54, 1.807) is 27.9 Å². The maximum absolute atomic E-state index is 13.0. The highest BCUT2D eigenvalue weighted by Gasteiger charge is 2.32. The van der Waals surface area contributed by atoms with Gasteiger partial charge in [-0.15, -0.1) is 0 Å². The van der Waals surface area contributed by atoms with Crippen LogP contribution in [0.5, 0.6) is 5.75 Å². The molecule has 7 nitrogen and oxygen atoms in total. The van der Waals surface area contributed by atoms with Gasteiger partial charge < -0.3 is 24.6 Å². The van der Waals surface area contributed by atoms with Gasteiger partial charge in [0.15, 0.2) is 0 Å². The van der Waals surface area contributed by atoms with Crippen LogP contribution in [-0.4, -0.2) is 61.8 Å². The molecule has 156 valence electrons. The fourth-order valence-corrected chi connectivity index (χ4v) is 3.12. The summed E-state index contributed by atoms with van der Waals surface area (Å²) in [5.41, 5.74) is 0.513. The third-order valence-corrected chi connectivity index (χ3v) is 4.63. The van der Waals surface area contributed by atoms with Gasteiger partial charge in [0, 0.05) is 31.9 Å². The van der Waals surface area contributed by atoms with Gasteiger partial charge in [0.2, 0.25) is 5.91 Å². The first kappa shape index (κ1) is 21.9. The number of hydrogen-bond acceptors (Lipinski definition) is 5. The maximum atomic E-state index is 13.0. The fraction of sp³-hybridized carbons (Fsp3) is 0.619. The molecule has 1 saturated heterocycles. The first-order chi connectivity index (χ1) is 13.1. The number of anilines is 1. The molecule has 28 heavy (non-hydrogen) atoms. The minimum absolute atomic E-state index is 0.0281. The Kier molecular flexibility index (Phi) is 7.16. The molecular weight excluding hydrogens is 358 g/mol. The van der Waals surface area contributed by atoms with E-state index in [9.17, 15) is 9.59 Å². The summed E-state index contributed by atoms with van der Waals surface area (Å²) in [7, 11) is 1.65. The summed E-state index contributed by atoms with van der Waals surface area (Å²) in [4.78, 5) is 29.2. The zero-order valence-electron chi connectivity index (χ0n) is 17.8. The van der Waals surface area contributed by atoms with E-state index in [0.29, 0.717) is 13.1 Å². The predicted molar refractivity (Wildman–Crippen MR) is 110 cm³/mol. The Morgan fingerprint density at radius 1 is 1.04 bits per heavy atom. The van der Waals surface area contributed by atoms with Crippen LogP contribution in [0, 0.1) is 5.92 Å². The topological polar surface area (TPSA) is 71.1 Å². The number of nitrogens with one attached hydrogen (secondary N) is 1. The molecule has 2 amide bonds. The van der Waals surface area contributed by atoms with Crippen LogP contribution in [0.1, 0.15) is 34.6 Å². The lowest BCUT2D eigenvalue weighted by Crippen LogP contribution is -2.56. The highest BCUT2D eigenvalue weighted by Crippen LogP contribution is 2.21. The van der Waals surface area contributed by atoms with Crippen LogP contribution in [0.2, 0.25) is 0 Å². The zero-order valence-corrected chi connectivity index (χ0v) is 17.8. The summed E-state index contributed by atoms with van der Waals surface area (Å²) in [6, 6.07) is 7.33. The Hall–Kier alpha value is -2.44. The predicted octanol–water partition coefficient (Wildman–Crippen LogP) is 2.89. The van der Waals surface area contributed by atoms with Gasteiger partial charge in [-0.3, -0.25) is 4.79 Å². The number of carbonyl (C=O) groups is 2. The number of carbonyl (C=O) groups excluding carboxylic acids is 2. The molecular formula is C21H33N3O4. The van der Waals surface area contributed by atoms with Crippen LogP contribution >= 0.6 is 0 Å². The molecule has 1 aliphatic rings. The summed E-state index contributed by atoms with van der Waals surface area (Å²) < 4.78 is 10.5. The van der Waals surface area contributed by atoms with Crippen LogP contribution in [0.4, 0.5) is 10.5 Å². The second kappa shape index (κ2) is 9.17. The monoisotopic (exact) mass is 391 g/mol. The van der Waals surface area contributed by atoms with Gasteiger partial charge in [-0.2, -0.15) is 0 Å². The number of piperazine rings is 1. The minimum atomic E-state index is -0.599. The largest absolute Gasteiger partial charge is 0.497 e. The van der Waals surface area contributed by atoms with Crippen LogP contribution in [-0.2, 0) is 9.53 Å². The molecule has 0 aliphatic carbocycles. The third kappa shape index (κ3) is 6.04. The van der Waals surface area contributed by atoms with Crippen molar-refractivity contribution >= 4 is 17.7 Å². The molecule has 0 saturated carbocycles. The molecule has 1 aliphatic heterocycles. The maximum Gasteiger partial charge on any atom is 0.408 e. The molecule has 0 aromatic heterocycles. The van der Waals surface area contributed by atoms with Crippen LogP contribution in [0.15, 0.2) is 24.3 Å². The van der Waals surface area contributed by atoms with E-state index in [1.165, 1.54) is 0 Å². The molecule has 0 radical (unpaired) electrons. The normalized spacial score (nSPS) is 16.0. The van der Waals surface area contributed by atoms with Crippen molar-refractivity contribution in [2.75, 3.05) is 38.2 Å². The van der Waals surface area contributed by atoms with Gasteiger partial charge in [0.25, 0.3) is 0 Å². The third-order valence-electron chi connectivity index (χ3n) is 4.63. The molecule has 2 rings (SSSR count). The average molecular weight is 392 g/mol. The first-order valence-electron chi connectivity index (χ1n) is 9.78. The summed E-state index contributed by atoms with van der Waals surface area (Å²) in [5.74, 6) is 0.737. The van der Waals surface area contributed by atoms with Gasteiger partial charge in [0.05, 0.1) is 7.11 Å². The van der Waals surface area contributed by atoms with Crippen molar-refractivity contribution in [2.24, 2.45) is 5.92 Å². The van der Waals surface area contributed by atoms with Gasteiger partial charge in [-0.05, 0) is 51.0 Å². The van der Waals surface area contributed by atoms with E-state index < -0.39 is 17.7 Å². The number of nitrogens with zero attached hydrogens (tertiary/aromatic N) is 2. The van der Waals surface area contributed by atoms with E-state index in [2.05, 4.69) is 10.2 Å². The molecule has 1 N–H and O–H groups in total. The first-order valence-corrected chi connectivity index (χ1v) is 9.78. The smallest absolute Gasteiger partial charge is 0.408 e. The molecule has 1 unspecified atom stereocenters. The molecule has 0 spiro atoms. The van der Waals surface area contributed by atoms with Crippen LogP contribution in [0.25, 0.3) is 0 Å². The molecule has 1 aromatic carbocycles. The Labute approximate surface area is 168 Å². The molecule has 1 fully saturated rings. The Bertz CT molecular complexity index is 659. The summed E-state index contributed by atoms with van der Waals surface area (Å²) >= 11 is 0. The van der Waals surface area contributed by atoms with Gasteiger partial charge in [0.1, 0.15) is 17.4 Å². The van der Waals surface area contributed by atoms with E-state index in [-0.39, 0.29) is 11.8 Å². The number of methoxy groups -OCH3 is 1. The molecule has 1 aromatic rings. The molecule has 0 bridgehead atoms. The lowest BCUT2D eigenvalue weighted by molar-refractivity contribution is -0.134. The fourth-order valence-electron chi connectivity index (χ4n) is 3.12. The Morgan fingerprint density at radius 3 is 2.07 bits per heavy atom. The Morgan fingerprint density at radius 2 is 1.61 bits per heavy atom. The van der Waals surface area contributed by atoms with Crippen molar-refractivity contribution in [2.45, 2.75) is 46.3 Å². The van der Waals surface area contributed by atoms with E-state index in [1.807, 2.05) is 43.0 Å². The highest BCUT2D eigenvalue weighted by atomic mass is 16.6. The van der Waals surface area contributed by atoms with Crippen molar-refractivity contribution in [1.82, 2.24) is 10.2 Å². The van der Waals surface area contributed by atoms with E-state index in [0.717, 1.165) is 24.5 Å². The number of alkyl carbamates (subject to hydrolysis) is 1. The number of ether oxygens (including phenoxy) is 2. The SMILES string of the molecule is COc1ccc(N2CCN(C(=O)C(NC(=O)OC(C)(C)C)C(C)C)CC2)cc1. The Balaban J connectivity index is 1.94. The van der Waals surface area contributed by atoms with Crippen molar-refractivity contribution in [3.05, 3.63) is 24.3 Å². The number of amides is 2. The standard InChI is InChI=1S/C21H33N3O4/c1-15(2)18(22-20(26)28-21(3,4)5)19(25)24-13-11-23(12-14-24)16-7-9-17(27-6)10-8-16/h7-10,15,18H,11-14H2,1-6H3,(H,22,26). The van der Waals surface area contributed by atoms with E-state index in [4.69, 9.17) is 9.47 Å². The quantitative estimate of drug-likeness (QED) is 0.836. The van der Waals surface area contributed by atoms with Crippen molar-refractivity contribution in [3.63, 3.8) is 0 Å². The number of rotatable bonds is 5. The van der Waals surface area contributed by atoms with Crippen LogP contribution < -0.4 is 15.0 Å². The van der Waals surface area contributed by atoms with E-state index >= 15 is 0 Å². The number of hydrogen-bond donors (Lipinski definition) is 1. The average Bonchev–Trinajstić information content (AvgIpc) is 2.64. The van der Waals surface area contributed by atoms with Gasteiger partial charge in [-0.25, -0.2) is 4.79 Å². The summed E-state index contributed by atoms with van der Waals surface area (Å²) in [6.45, 7) is 12.0. The highest BCUT2D eigenvalue weighted by molar-refractivity contribution is 5.86. The minimum Gasteiger partial charge on any atom is -0.497 e. The van der Waals surface area contributed by atoms with Gasteiger partial charge >= 0.3 is 6.09 Å². The second-order valence-electron chi connectivity index (χ2n) is 8.38. The molecule has 1 heterocycles. The lowest BCUT2D eigenvalue weighted by atomic mass is 10.0. The zero-order chi connectivity index (χ0) is 20.9. The second-order valence-corrected chi connectivity index (χ2v) is 8.38. The van der Waals surface area contributed by atoms with Gasteiger partial charge in [-0.1, -0.05) is 13.8 Å². The molecule has 1 atom stereocenters. The van der Waals surface area contributed by atoms with Crippen molar-refractivity contribution in [1.29, 1.82) is 0 Å². The van der Waals surface area contributed by atoms with Crippen molar-refractivity contribution in [3.8, 4) is 5.75 Å². The number of benzene rings is 1. The summed E-state index contributed by atoms with van der Waals surface area (Å²) in [6.07, 6.45) is -0.559.